The molecular weight excluding hydrogens is 328 g/mol. The molecule has 0 spiro atoms. The van der Waals surface area contributed by atoms with Crippen LogP contribution in [0.15, 0.2) is 42.5 Å². The third kappa shape index (κ3) is 4.41. The van der Waals surface area contributed by atoms with Crippen LogP contribution in [0.4, 0.5) is 11.4 Å². The van der Waals surface area contributed by atoms with Crippen LogP contribution in [-0.4, -0.2) is 34.0 Å². The molecule has 8 nitrogen and oxygen atoms in total. The summed E-state index contributed by atoms with van der Waals surface area (Å²) in [6.45, 7) is 1.36. The molecule has 4 N–H and O–H groups in total. The topological polar surface area (TPSA) is 133 Å². The highest BCUT2D eigenvalue weighted by Gasteiger charge is 2.19. The standard InChI is InChI=1S/C17H14N2O6/c1-9(20)18-11-3-5-12(6-4-11)19-15(21)13-7-2-10(16(22)23)8-14(13)17(24)25/h2-8H,1H3,(H,18,20)(H,19,21)(H,22,23)(H,24,25). The molecule has 128 valence electrons. The molecule has 8 heteroatoms. The van der Waals surface area contributed by atoms with E-state index in [9.17, 15) is 24.3 Å². The molecule has 0 saturated heterocycles. The first kappa shape index (κ1) is 17.7. The van der Waals surface area contributed by atoms with Crippen molar-refractivity contribution >= 4 is 35.1 Å². The number of rotatable bonds is 5. The van der Waals surface area contributed by atoms with E-state index in [0.717, 1.165) is 18.2 Å². The maximum Gasteiger partial charge on any atom is 0.336 e. The zero-order chi connectivity index (χ0) is 18.6. The molecular formula is C17H14N2O6. The Kier molecular flexibility index (Phi) is 5.13. The smallest absolute Gasteiger partial charge is 0.336 e. The molecule has 0 saturated carbocycles. The Morgan fingerprint density at radius 3 is 1.80 bits per heavy atom. The lowest BCUT2D eigenvalue weighted by molar-refractivity contribution is -0.114. The minimum absolute atomic E-state index is 0.163. The lowest BCUT2D eigenvalue weighted by Crippen LogP contribution is -2.17. The highest BCUT2D eigenvalue weighted by molar-refractivity contribution is 6.11. The van der Waals surface area contributed by atoms with Crippen molar-refractivity contribution in [2.75, 3.05) is 10.6 Å². The van der Waals surface area contributed by atoms with E-state index >= 15 is 0 Å². The van der Waals surface area contributed by atoms with Gasteiger partial charge in [0.1, 0.15) is 0 Å². The van der Waals surface area contributed by atoms with Crippen LogP contribution < -0.4 is 10.6 Å². The Morgan fingerprint density at radius 2 is 1.32 bits per heavy atom. The molecule has 0 radical (unpaired) electrons. The van der Waals surface area contributed by atoms with Gasteiger partial charge in [-0.05, 0) is 42.5 Å². The van der Waals surface area contributed by atoms with Crippen molar-refractivity contribution in [1.82, 2.24) is 0 Å². The van der Waals surface area contributed by atoms with Crippen LogP contribution in [0.3, 0.4) is 0 Å². The van der Waals surface area contributed by atoms with Gasteiger partial charge in [-0.15, -0.1) is 0 Å². The van der Waals surface area contributed by atoms with E-state index < -0.39 is 23.4 Å². The van der Waals surface area contributed by atoms with Gasteiger partial charge in [0, 0.05) is 18.3 Å². The number of nitrogens with one attached hydrogen (secondary N) is 2. The average Bonchev–Trinajstić information content (AvgIpc) is 2.55. The third-order valence-corrected chi connectivity index (χ3v) is 3.20. The molecule has 0 aromatic heterocycles. The lowest BCUT2D eigenvalue weighted by atomic mass is 10.0. The van der Waals surface area contributed by atoms with E-state index in [1.165, 1.54) is 19.1 Å². The van der Waals surface area contributed by atoms with Crippen molar-refractivity contribution < 1.29 is 29.4 Å². The molecule has 2 aromatic rings. The molecule has 25 heavy (non-hydrogen) atoms. The maximum atomic E-state index is 12.3. The summed E-state index contributed by atoms with van der Waals surface area (Å²) in [6, 6.07) is 9.45. The van der Waals surface area contributed by atoms with Crippen molar-refractivity contribution in [1.29, 1.82) is 0 Å². The van der Waals surface area contributed by atoms with Crippen LogP contribution >= 0.6 is 0 Å². The summed E-state index contributed by atoms with van der Waals surface area (Å²) in [7, 11) is 0. The molecule has 0 aliphatic rings. The van der Waals surface area contributed by atoms with Crippen LogP contribution in [0.1, 0.15) is 38.0 Å². The van der Waals surface area contributed by atoms with Gasteiger partial charge in [-0.2, -0.15) is 0 Å². The molecule has 0 aliphatic carbocycles. The minimum Gasteiger partial charge on any atom is -0.478 e. The molecule has 2 amide bonds. The number of hydrogen-bond donors (Lipinski definition) is 4. The second-order valence-corrected chi connectivity index (χ2v) is 5.08. The molecule has 0 aliphatic heterocycles. The van der Waals surface area contributed by atoms with Crippen LogP contribution in [0, 0.1) is 0 Å². The number of hydrogen-bond acceptors (Lipinski definition) is 4. The second-order valence-electron chi connectivity index (χ2n) is 5.08. The Labute approximate surface area is 142 Å². The highest BCUT2D eigenvalue weighted by Crippen LogP contribution is 2.17. The predicted molar refractivity (Wildman–Crippen MR) is 89.1 cm³/mol. The normalized spacial score (nSPS) is 9.96. The first-order valence-corrected chi connectivity index (χ1v) is 7.07. The maximum absolute atomic E-state index is 12.3. The SMILES string of the molecule is CC(=O)Nc1ccc(NC(=O)c2ccc(C(=O)O)cc2C(=O)O)cc1. The monoisotopic (exact) mass is 342 g/mol. The van der Waals surface area contributed by atoms with Crippen LogP contribution in [0.2, 0.25) is 0 Å². The number of carboxylic acid groups (broad SMARTS) is 2. The summed E-state index contributed by atoms with van der Waals surface area (Å²) < 4.78 is 0. The fraction of sp³-hybridized carbons (Fsp3) is 0.0588. The summed E-state index contributed by atoms with van der Waals surface area (Å²) in [5.74, 6) is -3.62. The van der Waals surface area contributed by atoms with E-state index in [0.29, 0.717) is 11.4 Å². The summed E-state index contributed by atoms with van der Waals surface area (Å²) in [5, 5.41) is 23.2. The second kappa shape index (κ2) is 7.26. The Hall–Kier alpha value is -3.68. The van der Waals surface area contributed by atoms with E-state index in [1.54, 1.807) is 12.1 Å². The van der Waals surface area contributed by atoms with E-state index in [-0.39, 0.29) is 17.0 Å². The fourth-order valence-corrected chi connectivity index (χ4v) is 2.09. The van der Waals surface area contributed by atoms with Gasteiger partial charge in [-0.25, -0.2) is 9.59 Å². The Morgan fingerprint density at radius 1 is 0.760 bits per heavy atom. The molecule has 0 atom stereocenters. The van der Waals surface area contributed by atoms with Crippen molar-refractivity contribution in [3.8, 4) is 0 Å². The quantitative estimate of drug-likeness (QED) is 0.659. The molecule has 2 aromatic carbocycles. The summed E-state index contributed by atoms with van der Waals surface area (Å²) >= 11 is 0. The van der Waals surface area contributed by atoms with Gasteiger partial charge in [0.05, 0.1) is 16.7 Å². The van der Waals surface area contributed by atoms with Gasteiger partial charge in [-0.1, -0.05) is 0 Å². The van der Waals surface area contributed by atoms with E-state index in [4.69, 9.17) is 5.11 Å². The zero-order valence-electron chi connectivity index (χ0n) is 13.1. The number of benzene rings is 2. The molecule has 0 bridgehead atoms. The zero-order valence-corrected chi connectivity index (χ0v) is 13.1. The van der Waals surface area contributed by atoms with Gasteiger partial charge in [0.15, 0.2) is 0 Å². The van der Waals surface area contributed by atoms with Gasteiger partial charge in [0.2, 0.25) is 5.91 Å². The highest BCUT2D eigenvalue weighted by atomic mass is 16.4. The Balaban J connectivity index is 2.24. The van der Waals surface area contributed by atoms with Gasteiger partial charge >= 0.3 is 11.9 Å². The van der Waals surface area contributed by atoms with E-state index in [2.05, 4.69) is 10.6 Å². The van der Waals surface area contributed by atoms with Crippen molar-refractivity contribution in [2.24, 2.45) is 0 Å². The Bertz CT molecular complexity index is 858. The van der Waals surface area contributed by atoms with Crippen molar-refractivity contribution in [2.45, 2.75) is 6.92 Å². The predicted octanol–water partition coefficient (Wildman–Crippen LogP) is 2.29. The number of anilines is 2. The fourth-order valence-electron chi connectivity index (χ4n) is 2.09. The van der Waals surface area contributed by atoms with Crippen molar-refractivity contribution in [3.05, 3.63) is 59.2 Å². The van der Waals surface area contributed by atoms with Gasteiger partial charge in [-0.3, -0.25) is 9.59 Å². The third-order valence-electron chi connectivity index (χ3n) is 3.20. The minimum atomic E-state index is -1.41. The largest absolute Gasteiger partial charge is 0.478 e. The first-order chi connectivity index (χ1) is 11.8. The van der Waals surface area contributed by atoms with Gasteiger partial charge < -0.3 is 20.8 Å². The average molecular weight is 342 g/mol. The van der Waals surface area contributed by atoms with Gasteiger partial charge in [0.25, 0.3) is 5.91 Å². The number of amides is 2. The number of carbonyl (C=O) groups excluding carboxylic acids is 2. The van der Waals surface area contributed by atoms with Crippen molar-refractivity contribution in [3.63, 3.8) is 0 Å². The number of carbonyl (C=O) groups is 4. The summed E-state index contributed by atoms with van der Waals surface area (Å²) in [5.41, 5.74) is 0.129. The lowest BCUT2D eigenvalue weighted by Gasteiger charge is -2.09. The first-order valence-electron chi connectivity index (χ1n) is 7.07. The van der Waals surface area contributed by atoms with Crippen LogP contribution in [0.25, 0.3) is 0 Å². The molecule has 0 fully saturated rings. The summed E-state index contributed by atoms with van der Waals surface area (Å²) in [6.07, 6.45) is 0. The van der Waals surface area contributed by atoms with Crippen LogP contribution in [-0.2, 0) is 4.79 Å². The molecule has 0 unspecified atom stereocenters. The van der Waals surface area contributed by atoms with E-state index in [1.807, 2.05) is 0 Å². The van der Waals surface area contributed by atoms with Crippen LogP contribution in [0.5, 0.6) is 0 Å². The molecule has 0 heterocycles. The molecule has 2 rings (SSSR count). The number of aromatic carboxylic acids is 2. The summed E-state index contributed by atoms with van der Waals surface area (Å²) in [4.78, 5) is 45.5. The number of carboxylic acids is 2.